The Morgan fingerprint density at radius 2 is 2.54 bits per heavy atom. The minimum absolute atomic E-state index is 0.0354. The van der Waals surface area contributed by atoms with Crippen molar-refractivity contribution in [1.29, 1.82) is 0 Å². The lowest BCUT2D eigenvalue weighted by molar-refractivity contribution is 0.281. The zero-order chi connectivity index (χ0) is 9.84. The highest BCUT2D eigenvalue weighted by Crippen LogP contribution is 2.00. The molecule has 0 aliphatic rings. The fourth-order valence-electron chi connectivity index (χ4n) is 0.732. The van der Waals surface area contributed by atoms with Crippen molar-refractivity contribution in [2.24, 2.45) is 0 Å². The molecule has 5 nitrogen and oxygen atoms in total. The fourth-order valence-corrected chi connectivity index (χ4v) is 0.828. The lowest BCUT2D eigenvalue weighted by atomic mass is 10.4. The quantitative estimate of drug-likeness (QED) is 0.657. The molecular weight excluding hydrogens is 194 g/mol. The molecule has 6 heteroatoms. The number of nitrogens with zero attached hydrogens (tertiary/aromatic N) is 1. The molecule has 0 aliphatic heterocycles. The molecule has 72 valence electrons. The second kappa shape index (κ2) is 4.25. The van der Waals surface area contributed by atoms with E-state index in [1.165, 1.54) is 6.20 Å². The van der Waals surface area contributed by atoms with Crippen LogP contribution in [-0.4, -0.2) is 27.7 Å². The van der Waals surface area contributed by atoms with Gasteiger partial charge in [0.15, 0.2) is 0 Å². The van der Waals surface area contributed by atoms with Gasteiger partial charge < -0.3 is 10.4 Å². The first-order valence-corrected chi connectivity index (χ1v) is 4.13. The number of aromatic amines is 1. The summed E-state index contributed by atoms with van der Waals surface area (Å²) < 4.78 is 0. The molecule has 13 heavy (non-hydrogen) atoms. The molecule has 0 saturated carbocycles. The van der Waals surface area contributed by atoms with Crippen LogP contribution in [0.5, 0.6) is 0 Å². The molecule has 3 N–H and O–H groups in total. The highest BCUT2D eigenvalue weighted by Gasteiger charge is 2.02. The third-order valence-corrected chi connectivity index (χ3v) is 1.68. The topological polar surface area (TPSA) is 78.0 Å². The predicted molar refractivity (Wildman–Crippen MR) is 50.0 cm³/mol. The average molecular weight is 204 g/mol. The molecule has 0 amide bonds. The van der Waals surface area contributed by atoms with Crippen molar-refractivity contribution in [2.75, 3.05) is 11.9 Å². The predicted octanol–water partition coefficient (Wildman–Crippen LogP) is 0.216. The molecule has 0 aromatic carbocycles. The lowest BCUT2D eigenvalue weighted by Crippen LogP contribution is -2.23. The molecule has 1 atom stereocenters. The first-order chi connectivity index (χ1) is 6.13. The molecule has 0 bridgehead atoms. The number of anilines is 1. The molecule has 0 radical (unpaired) electrons. The molecule has 0 unspecified atom stereocenters. The van der Waals surface area contributed by atoms with Gasteiger partial charge in [-0.15, -0.1) is 0 Å². The Morgan fingerprint density at radius 1 is 1.85 bits per heavy atom. The smallest absolute Gasteiger partial charge is 0.271 e. The van der Waals surface area contributed by atoms with Crippen LogP contribution in [0.25, 0.3) is 0 Å². The van der Waals surface area contributed by atoms with Gasteiger partial charge in [0.1, 0.15) is 5.02 Å². The zero-order valence-electron chi connectivity index (χ0n) is 7.04. The Labute approximate surface area is 79.8 Å². The largest absolute Gasteiger partial charge is 0.394 e. The van der Waals surface area contributed by atoms with Gasteiger partial charge in [-0.3, -0.25) is 9.78 Å². The van der Waals surface area contributed by atoms with Gasteiger partial charge in [-0.25, -0.2) is 4.98 Å². The van der Waals surface area contributed by atoms with Crippen molar-refractivity contribution < 1.29 is 5.11 Å². The van der Waals surface area contributed by atoms with E-state index in [2.05, 4.69) is 15.3 Å². The highest BCUT2D eigenvalue weighted by molar-refractivity contribution is 6.30. The number of hydrogen-bond acceptors (Lipinski definition) is 4. The number of nitrogens with one attached hydrogen (secondary N) is 2. The van der Waals surface area contributed by atoms with E-state index in [0.717, 1.165) is 0 Å². The molecule has 1 aromatic rings. The number of aliphatic hydroxyl groups is 1. The summed E-state index contributed by atoms with van der Waals surface area (Å²) in [5.41, 5.74) is -0.399. The summed E-state index contributed by atoms with van der Waals surface area (Å²) in [7, 11) is 0. The standard InChI is InChI=1S/C7H10ClN3O2/c1-4(3-12)10-7-9-2-5(8)6(13)11-7/h2,4,12H,3H2,1H3,(H2,9,10,11,13)/t4-/m0/s1. The molecule has 1 aromatic heterocycles. The van der Waals surface area contributed by atoms with E-state index in [-0.39, 0.29) is 17.7 Å². The zero-order valence-corrected chi connectivity index (χ0v) is 7.80. The number of aromatic nitrogens is 2. The summed E-state index contributed by atoms with van der Waals surface area (Å²) in [5, 5.41) is 11.5. The van der Waals surface area contributed by atoms with Crippen molar-refractivity contribution in [3.8, 4) is 0 Å². The summed E-state index contributed by atoms with van der Waals surface area (Å²) in [5.74, 6) is 0.302. The van der Waals surface area contributed by atoms with Gasteiger partial charge in [-0.2, -0.15) is 0 Å². The van der Waals surface area contributed by atoms with Gasteiger partial charge >= 0.3 is 0 Å². The molecule has 0 aliphatic carbocycles. The number of H-pyrrole nitrogens is 1. The van der Waals surface area contributed by atoms with Crippen molar-refractivity contribution in [3.63, 3.8) is 0 Å². The average Bonchev–Trinajstić information content (AvgIpc) is 2.11. The fraction of sp³-hybridized carbons (Fsp3) is 0.429. The van der Waals surface area contributed by atoms with Crippen LogP contribution in [0.1, 0.15) is 6.92 Å². The highest BCUT2D eigenvalue weighted by atomic mass is 35.5. The van der Waals surface area contributed by atoms with Gasteiger partial charge in [0.05, 0.1) is 12.8 Å². The van der Waals surface area contributed by atoms with E-state index in [4.69, 9.17) is 16.7 Å². The lowest BCUT2D eigenvalue weighted by Gasteiger charge is -2.09. The van der Waals surface area contributed by atoms with Gasteiger partial charge in [-0.05, 0) is 6.92 Å². The second-order valence-electron chi connectivity index (χ2n) is 2.64. The Hall–Kier alpha value is -1.07. The molecular formula is C7H10ClN3O2. The maximum absolute atomic E-state index is 11.0. The summed E-state index contributed by atoms with van der Waals surface area (Å²) >= 11 is 5.47. The van der Waals surface area contributed by atoms with E-state index in [1.807, 2.05) is 0 Å². The normalized spacial score (nSPS) is 12.5. The third kappa shape index (κ3) is 2.71. The van der Waals surface area contributed by atoms with Crippen molar-refractivity contribution in [3.05, 3.63) is 21.6 Å². The van der Waals surface area contributed by atoms with Crippen LogP contribution in [0.4, 0.5) is 5.95 Å². The minimum atomic E-state index is -0.399. The summed E-state index contributed by atoms with van der Waals surface area (Å²) in [6.45, 7) is 1.72. The monoisotopic (exact) mass is 203 g/mol. The summed E-state index contributed by atoms with van der Waals surface area (Å²) in [6.07, 6.45) is 1.26. The van der Waals surface area contributed by atoms with E-state index in [9.17, 15) is 4.79 Å². The summed E-state index contributed by atoms with van der Waals surface area (Å²) in [6, 6.07) is -0.163. The van der Waals surface area contributed by atoms with Gasteiger partial charge in [0, 0.05) is 6.04 Å². The van der Waals surface area contributed by atoms with E-state index < -0.39 is 5.56 Å². The molecule has 0 spiro atoms. The molecule has 0 saturated heterocycles. The number of rotatable bonds is 3. The second-order valence-corrected chi connectivity index (χ2v) is 3.04. The Balaban J connectivity index is 2.80. The van der Waals surface area contributed by atoms with E-state index in [0.29, 0.717) is 5.95 Å². The first kappa shape index (κ1) is 10.0. The van der Waals surface area contributed by atoms with Crippen LogP contribution in [0.3, 0.4) is 0 Å². The molecule has 1 rings (SSSR count). The van der Waals surface area contributed by atoms with E-state index >= 15 is 0 Å². The number of hydrogen-bond donors (Lipinski definition) is 3. The summed E-state index contributed by atoms with van der Waals surface area (Å²) in [4.78, 5) is 17.2. The van der Waals surface area contributed by atoms with Crippen LogP contribution in [0.15, 0.2) is 11.0 Å². The molecule has 0 fully saturated rings. The van der Waals surface area contributed by atoms with Crippen molar-refractivity contribution in [2.45, 2.75) is 13.0 Å². The maximum atomic E-state index is 11.0. The Morgan fingerprint density at radius 3 is 3.08 bits per heavy atom. The number of aliphatic hydroxyl groups excluding tert-OH is 1. The van der Waals surface area contributed by atoms with Crippen LogP contribution < -0.4 is 10.9 Å². The van der Waals surface area contributed by atoms with E-state index in [1.54, 1.807) is 6.92 Å². The Kier molecular flexibility index (Phi) is 3.27. The van der Waals surface area contributed by atoms with Gasteiger partial charge in [-0.1, -0.05) is 11.6 Å². The van der Waals surface area contributed by atoms with Crippen LogP contribution >= 0.6 is 11.6 Å². The minimum Gasteiger partial charge on any atom is -0.394 e. The molecule has 1 heterocycles. The third-order valence-electron chi connectivity index (χ3n) is 1.41. The van der Waals surface area contributed by atoms with Crippen LogP contribution in [0.2, 0.25) is 5.02 Å². The maximum Gasteiger partial charge on any atom is 0.271 e. The van der Waals surface area contributed by atoms with Gasteiger partial charge in [0.2, 0.25) is 5.95 Å². The van der Waals surface area contributed by atoms with Crippen molar-refractivity contribution >= 4 is 17.5 Å². The van der Waals surface area contributed by atoms with Gasteiger partial charge in [0.25, 0.3) is 5.56 Å². The Bertz CT molecular complexity index is 339. The number of halogens is 1. The van der Waals surface area contributed by atoms with Crippen LogP contribution in [0, 0.1) is 0 Å². The van der Waals surface area contributed by atoms with Crippen molar-refractivity contribution in [1.82, 2.24) is 9.97 Å². The first-order valence-electron chi connectivity index (χ1n) is 3.75. The SMILES string of the molecule is C[C@@H](CO)Nc1ncc(Cl)c(=O)[nH]1. The van der Waals surface area contributed by atoms with Crippen LogP contribution in [-0.2, 0) is 0 Å².